The maximum atomic E-state index is 15.8. The Morgan fingerprint density at radius 3 is 1.31 bits per heavy atom. The van der Waals surface area contributed by atoms with E-state index < -0.39 is 18.3 Å². The van der Waals surface area contributed by atoms with Crippen molar-refractivity contribution in [3.63, 3.8) is 0 Å². The summed E-state index contributed by atoms with van der Waals surface area (Å²) in [7, 11) is -3.42. The van der Waals surface area contributed by atoms with E-state index in [1.54, 1.807) is 0 Å². The second-order valence-electron chi connectivity index (χ2n) is 11.2. The van der Waals surface area contributed by atoms with Crippen LogP contribution in [-0.4, -0.2) is 11.2 Å². The van der Waals surface area contributed by atoms with Gasteiger partial charge in [0, 0.05) is 16.4 Å². The molecule has 0 atom stereocenters. The Bertz CT molecular complexity index is 1380. The van der Waals surface area contributed by atoms with Crippen LogP contribution in [0.1, 0.15) is 41.5 Å². The topological polar surface area (TPSA) is 35.5 Å². The zero-order valence-electron chi connectivity index (χ0n) is 21.8. The molecule has 4 bridgehead atoms. The zero-order valence-corrected chi connectivity index (χ0v) is 22.7. The van der Waals surface area contributed by atoms with Crippen LogP contribution in [0.4, 0.5) is 0 Å². The molecule has 5 rings (SSSR count). The molecule has 0 aromatic heterocycles. The smallest absolute Gasteiger partial charge is 0.178 e. The summed E-state index contributed by atoms with van der Waals surface area (Å²) in [6.07, 6.45) is 0. The van der Waals surface area contributed by atoms with Gasteiger partial charge in [0.05, 0.1) is 10.6 Å². The molecule has 3 nitrogen and oxygen atoms in total. The molecule has 4 aromatic carbocycles. The molecule has 184 valence electrons. The number of hydrogen-bond acceptors (Lipinski definition) is 3. The molecule has 0 N–H and O–H groups in total. The molecule has 0 fully saturated rings. The van der Waals surface area contributed by atoms with Crippen molar-refractivity contribution in [1.29, 1.82) is 0 Å². The molecule has 1 aliphatic heterocycles. The van der Waals surface area contributed by atoms with Gasteiger partial charge in [-0.05, 0) is 64.8 Å². The van der Waals surface area contributed by atoms with Crippen LogP contribution in [0.25, 0.3) is 22.3 Å². The molecule has 36 heavy (non-hydrogen) atoms. The third kappa shape index (κ3) is 4.27. The Hall–Kier alpha value is -3.29. The largest absolute Gasteiger partial charge is 0.487 e. The predicted octanol–water partition coefficient (Wildman–Crippen LogP) is 7.33. The summed E-state index contributed by atoms with van der Waals surface area (Å²) >= 11 is 0. The summed E-state index contributed by atoms with van der Waals surface area (Å²) in [5.74, 6) is 1.32. The SMILES string of the molecule is CC(C)(C)Oc1c2cccc1P(=O)(c1ccccc1)c1cccc(c1OC(C)(C)C)-c1ccccc1-2. The third-order valence-electron chi connectivity index (χ3n) is 6.11. The van der Waals surface area contributed by atoms with Crippen molar-refractivity contribution in [2.24, 2.45) is 0 Å². The van der Waals surface area contributed by atoms with Crippen LogP contribution in [0.2, 0.25) is 0 Å². The summed E-state index contributed by atoms with van der Waals surface area (Å²) < 4.78 is 29.1. The molecule has 1 aliphatic rings. The normalized spacial score (nSPS) is 14.2. The standard InChI is InChI=1S/C32H33O3P/c1-31(2,3)34-29-25-18-12-20-27(29)36(33,22-14-8-7-9-15-22)28-21-13-19-26(30(28)35-32(4,5)6)24-17-11-10-16-23(24)25/h7-21H,1-6H3. The fraction of sp³-hybridized carbons (Fsp3) is 0.250. The van der Waals surface area contributed by atoms with E-state index in [1.807, 2.05) is 108 Å². The van der Waals surface area contributed by atoms with E-state index in [4.69, 9.17) is 9.47 Å². The van der Waals surface area contributed by atoms with E-state index in [-0.39, 0.29) is 0 Å². The molecule has 0 aliphatic carbocycles. The monoisotopic (exact) mass is 496 g/mol. The summed E-state index contributed by atoms with van der Waals surface area (Å²) in [4.78, 5) is 0. The highest BCUT2D eigenvalue weighted by Crippen LogP contribution is 2.54. The molecule has 0 radical (unpaired) electrons. The molecule has 0 saturated heterocycles. The second-order valence-corrected chi connectivity index (χ2v) is 13.9. The fourth-order valence-corrected chi connectivity index (χ4v) is 7.70. The van der Waals surface area contributed by atoms with Gasteiger partial charge in [-0.1, -0.05) is 78.9 Å². The maximum absolute atomic E-state index is 15.8. The lowest BCUT2D eigenvalue weighted by atomic mass is 9.93. The molecule has 0 saturated carbocycles. The van der Waals surface area contributed by atoms with Gasteiger partial charge in [-0.25, -0.2) is 0 Å². The summed E-state index contributed by atoms with van der Waals surface area (Å²) in [5, 5.41) is 2.13. The minimum Gasteiger partial charge on any atom is -0.487 e. The van der Waals surface area contributed by atoms with Crippen LogP contribution >= 0.6 is 7.14 Å². The Labute approximate surface area is 214 Å². The van der Waals surface area contributed by atoms with E-state index in [0.29, 0.717) is 22.1 Å². The number of hydrogen-bond donors (Lipinski definition) is 0. The number of rotatable bonds is 3. The Balaban J connectivity index is 2.01. The van der Waals surface area contributed by atoms with Gasteiger partial charge in [0.15, 0.2) is 7.14 Å². The fourth-order valence-electron chi connectivity index (χ4n) is 4.80. The zero-order chi connectivity index (χ0) is 25.7. The average Bonchev–Trinajstić information content (AvgIpc) is 2.83. The van der Waals surface area contributed by atoms with E-state index >= 15 is 4.57 Å². The highest BCUT2D eigenvalue weighted by Gasteiger charge is 2.40. The number of ether oxygens (including phenoxy) is 2. The Morgan fingerprint density at radius 1 is 0.500 bits per heavy atom. The van der Waals surface area contributed by atoms with Crippen LogP contribution in [0.5, 0.6) is 11.5 Å². The van der Waals surface area contributed by atoms with Crippen molar-refractivity contribution < 1.29 is 14.0 Å². The van der Waals surface area contributed by atoms with Crippen molar-refractivity contribution in [2.45, 2.75) is 52.7 Å². The lowest BCUT2D eigenvalue weighted by Crippen LogP contribution is -2.33. The van der Waals surface area contributed by atoms with Crippen molar-refractivity contribution >= 4 is 23.1 Å². The minimum absolute atomic E-state index is 0.487. The highest BCUT2D eigenvalue weighted by molar-refractivity contribution is 7.85. The van der Waals surface area contributed by atoms with Crippen molar-refractivity contribution in [3.05, 3.63) is 91.0 Å². The van der Waals surface area contributed by atoms with Crippen LogP contribution in [0.3, 0.4) is 0 Å². The first-order valence-corrected chi connectivity index (χ1v) is 14.1. The first-order valence-electron chi connectivity index (χ1n) is 12.4. The molecule has 0 spiro atoms. The van der Waals surface area contributed by atoms with Crippen molar-refractivity contribution in [2.75, 3.05) is 0 Å². The van der Waals surface area contributed by atoms with E-state index in [0.717, 1.165) is 27.6 Å². The van der Waals surface area contributed by atoms with Gasteiger partial charge in [0.25, 0.3) is 0 Å². The Kier molecular flexibility index (Phi) is 5.88. The van der Waals surface area contributed by atoms with E-state index in [9.17, 15) is 0 Å². The maximum Gasteiger partial charge on any atom is 0.178 e. The van der Waals surface area contributed by atoms with Crippen LogP contribution in [0, 0.1) is 0 Å². The highest BCUT2D eigenvalue weighted by atomic mass is 31.2. The van der Waals surface area contributed by atoms with Gasteiger partial charge in [0.1, 0.15) is 22.7 Å². The van der Waals surface area contributed by atoms with Gasteiger partial charge >= 0.3 is 0 Å². The molecule has 0 unspecified atom stereocenters. The summed E-state index contributed by atoms with van der Waals surface area (Å²) in [6.45, 7) is 12.2. The van der Waals surface area contributed by atoms with Crippen molar-refractivity contribution in [1.82, 2.24) is 0 Å². The molecule has 4 aromatic rings. The van der Waals surface area contributed by atoms with Gasteiger partial charge in [-0.3, -0.25) is 0 Å². The van der Waals surface area contributed by atoms with Crippen LogP contribution < -0.4 is 25.4 Å². The first-order chi connectivity index (χ1) is 17.0. The average molecular weight is 497 g/mol. The van der Waals surface area contributed by atoms with Gasteiger partial charge in [-0.2, -0.15) is 0 Å². The number of benzene rings is 4. The first kappa shape index (κ1) is 24.4. The number of para-hydroxylation sites is 2. The minimum atomic E-state index is -3.42. The predicted molar refractivity (Wildman–Crippen MR) is 151 cm³/mol. The second kappa shape index (κ2) is 8.68. The number of fused-ring (bicyclic) bond motifs is 7. The lowest BCUT2D eigenvalue weighted by Gasteiger charge is -2.30. The quantitative estimate of drug-likeness (QED) is 0.245. The molecule has 4 heteroatoms. The van der Waals surface area contributed by atoms with Gasteiger partial charge in [-0.15, -0.1) is 0 Å². The van der Waals surface area contributed by atoms with E-state index in [1.165, 1.54) is 0 Å². The Morgan fingerprint density at radius 2 is 0.889 bits per heavy atom. The van der Waals surface area contributed by atoms with Gasteiger partial charge < -0.3 is 14.0 Å². The molecule has 0 amide bonds. The van der Waals surface area contributed by atoms with E-state index in [2.05, 4.69) is 24.3 Å². The van der Waals surface area contributed by atoms with Gasteiger partial charge in [0.2, 0.25) is 0 Å². The van der Waals surface area contributed by atoms with Crippen LogP contribution in [-0.2, 0) is 4.57 Å². The molecular weight excluding hydrogens is 463 g/mol. The molecule has 1 heterocycles. The molecular formula is C32H33O3P. The van der Waals surface area contributed by atoms with Crippen LogP contribution in [0.15, 0.2) is 91.0 Å². The summed E-state index contributed by atoms with van der Waals surface area (Å²) in [5.41, 5.74) is 2.93. The summed E-state index contributed by atoms with van der Waals surface area (Å²) in [6, 6.07) is 30.1. The lowest BCUT2D eigenvalue weighted by molar-refractivity contribution is 0.133. The third-order valence-corrected chi connectivity index (χ3v) is 9.20. The van der Waals surface area contributed by atoms with Crippen molar-refractivity contribution in [3.8, 4) is 33.8 Å².